The molecule has 3 fully saturated rings. The van der Waals surface area contributed by atoms with E-state index in [0.717, 1.165) is 51.9 Å². The maximum absolute atomic E-state index is 6.19. The molecular weight excluding hydrogens is 240 g/mol. The van der Waals surface area contributed by atoms with Crippen LogP contribution in [0.1, 0.15) is 26.7 Å². The quantitative estimate of drug-likeness (QED) is 0.768. The van der Waals surface area contributed by atoms with E-state index < -0.39 is 0 Å². The predicted molar refractivity (Wildman–Crippen MR) is 75.4 cm³/mol. The van der Waals surface area contributed by atoms with Gasteiger partial charge in [-0.15, -0.1) is 0 Å². The molecule has 0 N–H and O–H groups in total. The van der Waals surface area contributed by atoms with Crippen LogP contribution in [0.2, 0.25) is 0 Å². The summed E-state index contributed by atoms with van der Waals surface area (Å²) in [7, 11) is 0. The second-order valence-corrected chi connectivity index (χ2v) is 6.83. The summed E-state index contributed by atoms with van der Waals surface area (Å²) in [5.41, 5.74) is -0.0894. The number of rotatable bonds is 3. The minimum absolute atomic E-state index is 0.0894. The molecule has 0 amide bonds. The molecule has 0 radical (unpaired) electrons. The van der Waals surface area contributed by atoms with Gasteiger partial charge in [0, 0.05) is 38.8 Å². The fourth-order valence-electron chi connectivity index (χ4n) is 3.30. The van der Waals surface area contributed by atoms with Crippen LogP contribution in [0.5, 0.6) is 0 Å². The highest BCUT2D eigenvalue weighted by molar-refractivity contribution is 4.94. The van der Waals surface area contributed by atoms with Crippen LogP contribution in [0.3, 0.4) is 0 Å². The summed E-state index contributed by atoms with van der Waals surface area (Å²) in [5, 5.41) is 0. The van der Waals surface area contributed by atoms with Crippen LogP contribution >= 0.6 is 0 Å². The minimum Gasteiger partial charge on any atom is -0.377 e. The Hall–Kier alpha value is -0.160. The number of hydrogen-bond donors (Lipinski definition) is 0. The fourth-order valence-corrected chi connectivity index (χ4v) is 3.30. The third kappa shape index (κ3) is 3.48. The first-order valence-corrected chi connectivity index (χ1v) is 7.85. The number of hydrogen-bond acceptors (Lipinski definition) is 4. The molecule has 0 bridgehead atoms. The van der Waals surface area contributed by atoms with Crippen LogP contribution in [0.4, 0.5) is 0 Å². The van der Waals surface area contributed by atoms with Gasteiger partial charge in [0.25, 0.3) is 0 Å². The molecule has 1 spiro atoms. The van der Waals surface area contributed by atoms with Crippen molar-refractivity contribution in [1.29, 1.82) is 0 Å². The van der Waals surface area contributed by atoms with E-state index in [0.29, 0.717) is 6.04 Å². The molecule has 1 aliphatic carbocycles. The third-order valence-corrected chi connectivity index (χ3v) is 4.65. The lowest BCUT2D eigenvalue weighted by molar-refractivity contribution is -0.143. The first-order valence-electron chi connectivity index (χ1n) is 7.85. The zero-order chi connectivity index (χ0) is 13.3. The van der Waals surface area contributed by atoms with Gasteiger partial charge >= 0.3 is 0 Å². The molecule has 110 valence electrons. The largest absolute Gasteiger partial charge is 0.377 e. The summed E-state index contributed by atoms with van der Waals surface area (Å²) in [6, 6.07) is 0.570. The molecule has 0 unspecified atom stereocenters. The minimum atomic E-state index is -0.0894. The van der Waals surface area contributed by atoms with Crippen LogP contribution in [-0.4, -0.2) is 74.0 Å². The summed E-state index contributed by atoms with van der Waals surface area (Å²) in [5.74, 6) is 0.961. The topological polar surface area (TPSA) is 24.9 Å². The Kier molecular flexibility index (Phi) is 4.13. The van der Waals surface area contributed by atoms with Crippen molar-refractivity contribution >= 4 is 0 Å². The van der Waals surface area contributed by atoms with E-state index in [9.17, 15) is 0 Å². The third-order valence-electron chi connectivity index (χ3n) is 4.65. The Balaban J connectivity index is 1.64. The van der Waals surface area contributed by atoms with Gasteiger partial charge in [-0.25, -0.2) is 0 Å². The zero-order valence-electron chi connectivity index (χ0n) is 12.4. The van der Waals surface area contributed by atoms with Gasteiger partial charge in [0.2, 0.25) is 0 Å². The van der Waals surface area contributed by atoms with Crippen LogP contribution in [-0.2, 0) is 9.47 Å². The molecular formula is C15H28N2O2. The van der Waals surface area contributed by atoms with Gasteiger partial charge in [-0.1, -0.05) is 0 Å². The zero-order valence-corrected chi connectivity index (χ0v) is 12.4. The molecule has 3 aliphatic rings. The van der Waals surface area contributed by atoms with Gasteiger partial charge in [-0.05, 0) is 32.6 Å². The molecule has 4 heteroatoms. The van der Waals surface area contributed by atoms with Crippen molar-refractivity contribution in [3.8, 4) is 0 Å². The van der Waals surface area contributed by atoms with Crippen LogP contribution in [0.25, 0.3) is 0 Å². The highest BCUT2D eigenvalue weighted by Crippen LogP contribution is 2.32. The molecule has 3 rings (SSSR count). The Bertz CT molecular complexity index is 307. The SMILES string of the molecule is CC(C)N1CCOC[C@]2(CN(CC3CC3)CCO2)C1. The maximum Gasteiger partial charge on any atom is 0.117 e. The van der Waals surface area contributed by atoms with Crippen LogP contribution in [0, 0.1) is 5.92 Å². The van der Waals surface area contributed by atoms with Crippen molar-refractivity contribution in [2.24, 2.45) is 5.92 Å². The van der Waals surface area contributed by atoms with Gasteiger partial charge in [-0.2, -0.15) is 0 Å². The molecule has 2 saturated heterocycles. The summed E-state index contributed by atoms with van der Waals surface area (Å²) in [6.07, 6.45) is 2.86. The molecule has 1 saturated carbocycles. The Morgan fingerprint density at radius 2 is 2.00 bits per heavy atom. The standard InChI is InChI=1S/C15H28N2O2/c1-13(2)17-6-7-18-12-15(11-17)10-16(5-8-19-15)9-14-3-4-14/h13-14H,3-12H2,1-2H3/t15-/m0/s1. The van der Waals surface area contributed by atoms with Crippen molar-refractivity contribution in [3.63, 3.8) is 0 Å². The normalized spacial score (nSPS) is 34.9. The lowest BCUT2D eigenvalue weighted by Crippen LogP contribution is -2.59. The van der Waals surface area contributed by atoms with E-state index in [1.807, 2.05) is 0 Å². The summed E-state index contributed by atoms with van der Waals surface area (Å²) in [6.45, 7) is 12.5. The van der Waals surface area contributed by atoms with E-state index in [1.165, 1.54) is 19.4 Å². The second-order valence-electron chi connectivity index (χ2n) is 6.83. The van der Waals surface area contributed by atoms with Crippen molar-refractivity contribution in [2.75, 3.05) is 52.5 Å². The van der Waals surface area contributed by atoms with Gasteiger partial charge in [0.1, 0.15) is 5.60 Å². The summed E-state index contributed by atoms with van der Waals surface area (Å²) >= 11 is 0. The van der Waals surface area contributed by atoms with Gasteiger partial charge in [0.15, 0.2) is 0 Å². The molecule has 19 heavy (non-hydrogen) atoms. The summed E-state index contributed by atoms with van der Waals surface area (Å²) in [4.78, 5) is 5.11. The number of nitrogens with zero attached hydrogens (tertiary/aromatic N) is 2. The van der Waals surface area contributed by atoms with Gasteiger partial charge in [-0.3, -0.25) is 9.80 Å². The molecule has 0 aromatic heterocycles. The average Bonchev–Trinajstić information content (AvgIpc) is 3.18. The van der Waals surface area contributed by atoms with Crippen LogP contribution < -0.4 is 0 Å². The molecule has 1 atom stereocenters. The summed E-state index contributed by atoms with van der Waals surface area (Å²) < 4.78 is 12.0. The molecule has 4 nitrogen and oxygen atoms in total. The van der Waals surface area contributed by atoms with Crippen molar-refractivity contribution < 1.29 is 9.47 Å². The molecule has 2 aliphatic heterocycles. The van der Waals surface area contributed by atoms with E-state index in [1.54, 1.807) is 0 Å². The monoisotopic (exact) mass is 268 g/mol. The predicted octanol–water partition coefficient (Wildman–Crippen LogP) is 1.21. The van der Waals surface area contributed by atoms with E-state index in [2.05, 4.69) is 23.6 Å². The fraction of sp³-hybridized carbons (Fsp3) is 1.00. The maximum atomic E-state index is 6.19. The van der Waals surface area contributed by atoms with Crippen molar-refractivity contribution in [2.45, 2.75) is 38.3 Å². The highest BCUT2D eigenvalue weighted by Gasteiger charge is 2.41. The van der Waals surface area contributed by atoms with Crippen LogP contribution in [0.15, 0.2) is 0 Å². The lowest BCUT2D eigenvalue weighted by atomic mass is 10.0. The van der Waals surface area contributed by atoms with E-state index in [-0.39, 0.29) is 5.60 Å². The first kappa shape index (κ1) is 13.8. The second kappa shape index (κ2) is 5.68. The van der Waals surface area contributed by atoms with Crippen molar-refractivity contribution in [3.05, 3.63) is 0 Å². The molecule has 0 aromatic carbocycles. The smallest absolute Gasteiger partial charge is 0.117 e. The van der Waals surface area contributed by atoms with E-state index >= 15 is 0 Å². The Labute approximate surface area is 117 Å². The Morgan fingerprint density at radius 1 is 1.16 bits per heavy atom. The van der Waals surface area contributed by atoms with Gasteiger partial charge in [0.05, 0.1) is 19.8 Å². The molecule has 0 aromatic rings. The first-order chi connectivity index (χ1) is 9.17. The molecule has 2 heterocycles. The van der Waals surface area contributed by atoms with Gasteiger partial charge < -0.3 is 9.47 Å². The number of morpholine rings is 1. The number of ether oxygens (including phenoxy) is 2. The Morgan fingerprint density at radius 3 is 2.74 bits per heavy atom. The lowest BCUT2D eigenvalue weighted by Gasteiger charge is -2.44. The highest BCUT2D eigenvalue weighted by atomic mass is 16.5. The van der Waals surface area contributed by atoms with Crippen molar-refractivity contribution in [1.82, 2.24) is 9.80 Å². The average molecular weight is 268 g/mol. The van der Waals surface area contributed by atoms with E-state index in [4.69, 9.17) is 9.47 Å².